The molecule has 0 aliphatic heterocycles. The fourth-order valence-electron chi connectivity index (χ4n) is 2.68. The molecule has 0 saturated heterocycles. The number of likely N-dealkylation sites (N-methyl/N-ethyl adjacent to an activating group) is 1. The molecule has 6 nitrogen and oxygen atoms in total. The summed E-state index contributed by atoms with van der Waals surface area (Å²) in [6, 6.07) is 15.0. The Hall–Kier alpha value is -2.57. The van der Waals surface area contributed by atoms with Crippen LogP contribution in [0.5, 0.6) is 0 Å². The van der Waals surface area contributed by atoms with Gasteiger partial charge in [0.05, 0.1) is 31.4 Å². The number of anilines is 2. The largest absolute Gasteiger partial charge is 0.378 e. The van der Waals surface area contributed by atoms with Crippen LogP contribution in [0, 0.1) is 0 Å². The molecule has 0 aliphatic rings. The van der Waals surface area contributed by atoms with E-state index >= 15 is 0 Å². The van der Waals surface area contributed by atoms with E-state index in [4.69, 9.17) is 11.6 Å². The van der Waals surface area contributed by atoms with Gasteiger partial charge in [0.25, 0.3) is 0 Å². The zero-order chi connectivity index (χ0) is 20.0. The highest BCUT2D eigenvalue weighted by Gasteiger charge is 2.21. The number of nitrogens with one attached hydrogen (secondary N) is 3. The van der Waals surface area contributed by atoms with Crippen LogP contribution in [0.25, 0.3) is 0 Å². The third-order valence-electron chi connectivity index (χ3n) is 4.30. The number of quaternary nitrogens is 1. The number of nitrogens with zero attached hydrogens (tertiary/aromatic N) is 1. The molecule has 0 saturated carbocycles. The molecule has 2 rings (SSSR count). The van der Waals surface area contributed by atoms with Gasteiger partial charge in [-0.15, -0.1) is 0 Å². The van der Waals surface area contributed by atoms with Gasteiger partial charge in [-0.25, -0.2) is 0 Å². The van der Waals surface area contributed by atoms with Crippen LogP contribution in [0.2, 0.25) is 5.02 Å². The lowest BCUT2D eigenvalue weighted by Gasteiger charge is -2.23. The van der Waals surface area contributed by atoms with Crippen molar-refractivity contribution >= 4 is 34.8 Å². The highest BCUT2D eigenvalue weighted by molar-refractivity contribution is 6.41. The molecule has 3 N–H and O–H groups in total. The van der Waals surface area contributed by atoms with Crippen molar-refractivity contribution in [1.82, 2.24) is 5.32 Å². The number of carbonyl (C=O) groups excluding carboxylic acids is 2. The number of para-hydroxylation sites is 1. The van der Waals surface area contributed by atoms with Crippen LogP contribution in [0.4, 0.5) is 11.4 Å². The predicted octanol–water partition coefficient (Wildman–Crippen LogP) is 1.35. The minimum atomic E-state index is -0.737. The van der Waals surface area contributed by atoms with Crippen molar-refractivity contribution < 1.29 is 14.5 Å². The third kappa shape index (κ3) is 5.70. The monoisotopic (exact) mass is 389 g/mol. The van der Waals surface area contributed by atoms with Crippen LogP contribution in [-0.2, 0) is 9.59 Å². The summed E-state index contributed by atoms with van der Waals surface area (Å²) in [5.41, 5.74) is 2.61. The fourth-order valence-corrected chi connectivity index (χ4v) is 2.86. The third-order valence-corrected chi connectivity index (χ3v) is 4.63. The maximum Gasteiger partial charge on any atom is 0.313 e. The lowest BCUT2D eigenvalue weighted by molar-refractivity contribution is -0.890. The molecule has 0 aliphatic carbocycles. The van der Waals surface area contributed by atoms with E-state index in [1.165, 1.54) is 0 Å². The van der Waals surface area contributed by atoms with E-state index in [1.54, 1.807) is 24.3 Å². The van der Waals surface area contributed by atoms with E-state index in [2.05, 4.69) is 10.6 Å². The number of carbonyl (C=O) groups is 2. The van der Waals surface area contributed by atoms with Crippen LogP contribution in [0.3, 0.4) is 0 Å². The van der Waals surface area contributed by atoms with E-state index in [-0.39, 0.29) is 6.04 Å². The van der Waals surface area contributed by atoms with E-state index in [0.717, 1.165) is 16.2 Å². The van der Waals surface area contributed by atoms with Crippen molar-refractivity contribution in [3.63, 3.8) is 0 Å². The first kappa shape index (κ1) is 20.7. The lowest BCUT2D eigenvalue weighted by Crippen LogP contribution is -3.07. The Kier molecular flexibility index (Phi) is 7.21. The summed E-state index contributed by atoms with van der Waals surface area (Å²) >= 11 is 6.00. The summed E-state index contributed by atoms with van der Waals surface area (Å²) in [6.07, 6.45) is 0. The van der Waals surface area contributed by atoms with Crippen molar-refractivity contribution in [1.29, 1.82) is 0 Å². The zero-order valence-corrected chi connectivity index (χ0v) is 16.8. The maximum atomic E-state index is 12.2. The smallest absolute Gasteiger partial charge is 0.313 e. The van der Waals surface area contributed by atoms with Gasteiger partial charge < -0.3 is 20.4 Å². The Morgan fingerprint density at radius 1 is 1.04 bits per heavy atom. The summed E-state index contributed by atoms with van der Waals surface area (Å²) in [6.45, 7) is 0.346. The second kappa shape index (κ2) is 9.39. The lowest BCUT2D eigenvalue weighted by atomic mass is 10.1. The number of hydrogen-bond donors (Lipinski definition) is 3. The summed E-state index contributed by atoms with van der Waals surface area (Å²) in [7, 11) is 8.00. The highest BCUT2D eigenvalue weighted by atomic mass is 35.5. The quantitative estimate of drug-likeness (QED) is 0.653. The minimum Gasteiger partial charge on any atom is -0.378 e. The number of halogens is 1. The van der Waals surface area contributed by atoms with Gasteiger partial charge in [-0.1, -0.05) is 35.9 Å². The van der Waals surface area contributed by atoms with Crippen LogP contribution in [0.1, 0.15) is 11.6 Å². The van der Waals surface area contributed by atoms with Crippen molar-refractivity contribution in [3.8, 4) is 0 Å². The molecule has 2 aromatic rings. The van der Waals surface area contributed by atoms with Crippen molar-refractivity contribution in [2.75, 3.05) is 45.0 Å². The molecular weight excluding hydrogens is 364 g/mol. The minimum absolute atomic E-state index is 0.0262. The normalized spacial score (nSPS) is 11.8. The van der Waals surface area contributed by atoms with Gasteiger partial charge in [0.2, 0.25) is 0 Å². The van der Waals surface area contributed by atoms with Crippen molar-refractivity contribution in [2.45, 2.75) is 6.04 Å². The molecule has 1 atom stereocenters. The molecule has 0 bridgehead atoms. The number of benzene rings is 2. The van der Waals surface area contributed by atoms with Gasteiger partial charge in [-0.3, -0.25) is 9.59 Å². The Labute approximate surface area is 165 Å². The predicted molar refractivity (Wildman–Crippen MR) is 109 cm³/mol. The van der Waals surface area contributed by atoms with Crippen LogP contribution >= 0.6 is 11.6 Å². The molecule has 144 valence electrons. The first-order valence-electron chi connectivity index (χ1n) is 8.70. The molecule has 0 radical (unpaired) electrons. The Bertz CT molecular complexity index is 791. The molecular formula is C20H26ClN4O2+. The summed E-state index contributed by atoms with van der Waals surface area (Å²) in [5, 5.41) is 5.63. The van der Waals surface area contributed by atoms with Gasteiger partial charge >= 0.3 is 11.8 Å². The van der Waals surface area contributed by atoms with E-state index in [9.17, 15) is 9.59 Å². The van der Waals surface area contributed by atoms with Crippen molar-refractivity contribution in [2.24, 2.45) is 0 Å². The molecule has 0 aromatic heterocycles. The van der Waals surface area contributed by atoms with Gasteiger partial charge in [0, 0.05) is 25.3 Å². The summed E-state index contributed by atoms with van der Waals surface area (Å²) in [5.74, 6) is -1.43. The first-order valence-corrected chi connectivity index (χ1v) is 9.08. The van der Waals surface area contributed by atoms with E-state index < -0.39 is 11.8 Å². The average molecular weight is 390 g/mol. The second-order valence-electron chi connectivity index (χ2n) is 6.76. The SMILES string of the molecule is CN(C)c1ccc([C@@H](CNC(=O)C(=O)Nc2ccccc2Cl)[NH+](C)C)cc1. The van der Waals surface area contributed by atoms with Gasteiger partial charge in [0.15, 0.2) is 0 Å². The second-order valence-corrected chi connectivity index (χ2v) is 7.17. The molecule has 2 aromatic carbocycles. The Morgan fingerprint density at radius 3 is 2.22 bits per heavy atom. The Balaban J connectivity index is 1.99. The standard InChI is InChI=1S/C20H25ClN4O2/c1-24(2)15-11-9-14(10-12-15)18(25(3)4)13-22-19(26)20(27)23-17-8-6-5-7-16(17)21/h5-12,18H,13H2,1-4H3,(H,22,26)(H,23,27)/p+1/t18-/m1/s1. The van der Waals surface area contributed by atoms with Gasteiger partial charge in [-0.05, 0) is 24.3 Å². The number of hydrogen-bond acceptors (Lipinski definition) is 3. The molecule has 7 heteroatoms. The molecule has 0 spiro atoms. The van der Waals surface area contributed by atoms with E-state index in [1.807, 2.05) is 57.4 Å². The molecule has 0 heterocycles. The van der Waals surface area contributed by atoms with Crippen molar-refractivity contribution in [3.05, 3.63) is 59.1 Å². The summed E-state index contributed by atoms with van der Waals surface area (Å²) in [4.78, 5) is 27.5. The van der Waals surface area contributed by atoms with Crippen LogP contribution < -0.4 is 20.4 Å². The van der Waals surface area contributed by atoms with Crippen LogP contribution in [0.15, 0.2) is 48.5 Å². The molecule has 0 fully saturated rings. The van der Waals surface area contributed by atoms with E-state index in [0.29, 0.717) is 17.3 Å². The fraction of sp³-hybridized carbons (Fsp3) is 0.300. The molecule has 2 amide bonds. The number of amides is 2. The maximum absolute atomic E-state index is 12.2. The average Bonchev–Trinajstić information content (AvgIpc) is 2.63. The van der Waals surface area contributed by atoms with Crippen LogP contribution in [-0.4, -0.2) is 46.5 Å². The van der Waals surface area contributed by atoms with Gasteiger partial charge in [-0.2, -0.15) is 0 Å². The summed E-state index contributed by atoms with van der Waals surface area (Å²) < 4.78 is 0. The zero-order valence-electron chi connectivity index (χ0n) is 16.0. The molecule has 0 unspecified atom stereocenters. The highest BCUT2D eigenvalue weighted by Crippen LogP contribution is 2.20. The topological polar surface area (TPSA) is 65.9 Å². The molecule has 27 heavy (non-hydrogen) atoms. The Morgan fingerprint density at radius 2 is 1.67 bits per heavy atom. The van der Waals surface area contributed by atoms with Gasteiger partial charge in [0.1, 0.15) is 6.04 Å². The number of rotatable bonds is 6. The first-order chi connectivity index (χ1) is 12.8.